The van der Waals surface area contributed by atoms with Crippen LogP contribution >= 0.6 is 11.8 Å². The second-order valence-corrected chi connectivity index (χ2v) is 6.33. The van der Waals surface area contributed by atoms with Gasteiger partial charge in [0, 0.05) is 12.2 Å². The van der Waals surface area contributed by atoms with Crippen LogP contribution in [0.4, 0.5) is 5.69 Å². The Hall–Kier alpha value is -2.80. The molecule has 3 aromatic rings. The maximum Gasteiger partial charge on any atom is 0.339 e. The molecule has 1 heterocycles. The minimum atomic E-state index is -0.479. The molecule has 7 heteroatoms. The Kier molecular flexibility index (Phi) is 5.35. The maximum atomic E-state index is 12.1. The number of hydrogen-bond donors (Lipinski definition) is 2. The summed E-state index contributed by atoms with van der Waals surface area (Å²) in [6.45, 7) is 0. The van der Waals surface area contributed by atoms with Crippen molar-refractivity contribution in [2.24, 2.45) is 0 Å². The van der Waals surface area contributed by atoms with E-state index < -0.39 is 5.97 Å². The van der Waals surface area contributed by atoms with E-state index >= 15 is 0 Å². The van der Waals surface area contributed by atoms with Crippen LogP contribution in [0, 0.1) is 0 Å². The number of carbonyl (C=O) groups is 2. The van der Waals surface area contributed by atoms with Gasteiger partial charge in [0.1, 0.15) is 0 Å². The summed E-state index contributed by atoms with van der Waals surface area (Å²) in [6.07, 6.45) is 0.303. The number of imidazole rings is 1. The third-order valence-corrected chi connectivity index (χ3v) is 4.42. The molecule has 0 saturated carbocycles. The van der Waals surface area contributed by atoms with Crippen LogP contribution in [0.1, 0.15) is 16.8 Å². The molecule has 0 radical (unpaired) electrons. The Morgan fingerprint density at radius 1 is 1.16 bits per heavy atom. The molecule has 0 aliphatic heterocycles. The van der Waals surface area contributed by atoms with Gasteiger partial charge in [0.05, 0.1) is 29.4 Å². The summed E-state index contributed by atoms with van der Waals surface area (Å²) in [5.41, 5.74) is 2.67. The van der Waals surface area contributed by atoms with Crippen LogP contribution in [0.3, 0.4) is 0 Å². The minimum absolute atomic E-state index is 0.167. The number of aromatic nitrogens is 2. The van der Waals surface area contributed by atoms with Crippen LogP contribution in [0.2, 0.25) is 0 Å². The first kappa shape index (κ1) is 17.0. The molecule has 0 aliphatic rings. The smallest absolute Gasteiger partial charge is 0.339 e. The van der Waals surface area contributed by atoms with Crippen LogP contribution in [0.15, 0.2) is 53.7 Å². The standard InChI is InChI=1S/C18H17N3O3S/c1-24-17(23)12-6-2-3-7-13(12)19-16(22)10-11-25-18-20-14-8-4-5-9-15(14)21-18/h2-9H,10-11H2,1H3,(H,19,22)(H,20,21). The first-order valence-corrected chi connectivity index (χ1v) is 8.70. The Morgan fingerprint density at radius 2 is 1.92 bits per heavy atom. The Labute approximate surface area is 149 Å². The van der Waals surface area contributed by atoms with Crippen molar-refractivity contribution in [3.05, 3.63) is 54.1 Å². The van der Waals surface area contributed by atoms with Gasteiger partial charge >= 0.3 is 5.97 Å². The fourth-order valence-electron chi connectivity index (χ4n) is 2.33. The predicted octanol–water partition coefficient (Wildman–Crippen LogP) is 3.47. The number of fused-ring (bicyclic) bond motifs is 1. The van der Waals surface area contributed by atoms with Gasteiger partial charge in [-0.3, -0.25) is 4.79 Å². The normalized spacial score (nSPS) is 10.6. The van der Waals surface area contributed by atoms with Crippen LogP contribution in [-0.2, 0) is 9.53 Å². The summed E-state index contributed by atoms with van der Waals surface area (Å²) >= 11 is 1.48. The number of amides is 1. The molecule has 0 aliphatic carbocycles. The van der Waals surface area contributed by atoms with Gasteiger partial charge in [0.25, 0.3) is 0 Å². The highest BCUT2D eigenvalue weighted by atomic mass is 32.2. The van der Waals surface area contributed by atoms with Gasteiger partial charge in [-0.25, -0.2) is 9.78 Å². The molecule has 1 amide bonds. The van der Waals surface area contributed by atoms with Crippen molar-refractivity contribution >= 4 is 40.4 Å². The lowest BCUT2D eigenvalue weighted by Gasteiger charge is -2.09. The van der Waals surface area contributed by atoms with E-state index in [-0.39, 0.29) is 5.91 Å². The van der Waals surface area contributed by atoms with Crippen molar-refractivity contribution in [3.63, 3.8) is 0 Å². The number of carbonyl (C=O) groups excluding carboxylic acids is 2. The molecular weight excluding hydrogens is 338 g/mol. The van der Waals surface area contributed by atoms with Crippen molar-refractivity contribution in [1.29, 1.82) is 0 Å². The van der Waals surface area contributed by atoms with E-state index in [0.717, 1.165) is 16.2 Å². The van der Waals surface area contributed by atoms with Gasteiger partial charge < -0.3 is 15.0 Å². The Bertz CT molecular complexity index is 874. The van der Waals surface area contributed by atoms with Crippen molar-refractivity contribution in [2.75, 3.05) is 18.2 Å². The summed E-state index contributed by atoms with van der Waals surface area (Å²) in [4.78, 5) is 31.5. The second-order valence-electron chi connectivity index (χ2n) is 5.24. The van der Waals surface area contributed by atoms with Crippen LogP contribution < -0.4 is 5.32 Å². The first-order valence-electron chi connectivity index (χ1n) is 7.72. The topological polar surface area (TPSA) is 84.1 Å². The van der Waals surface area contributed by atoms with Crippen LogP contribution in [-0.4, -0.2) is 34.7 Å². The van der Waals surface area contributed by atoms with Crippen molar-refractivity contribution in [1.82, 2.24) is 9.97 Å². The minimum Gasteiger partial charge on any atom is -0.465 e. The number of nitrogens with one attached hydrogen (secondary N) is 2. The molecule has 0 atom stereocenters. The molecule has 2 N–H and O–H groups in total. The number of ether oxygens (including phenoxy) is 1. The number of methoxy groups -OCH3 is 1. The molecule has 25 heavy (non-hydrogen) atoms. The fraction of sp³-hybridized carbons (Fsp3) is 0.167. The van der Waals surface area contributed by atoms with E-state index in [2.05, 4.69) is 15.3 Å². The lowest BCUT2D eigenvalue weighted by Crippen LogP contribution is -2.15. The van der Waals surface area contributed by atoms with Gasteiger partial charge in [-0.05, 0) is 24.3 Å². The molecule has 3 rings (SSSR count). The van der Waals surface area contributed by atoms with E-state index in [1.54, 1.807) is 24.3 Å². The number of rotatable bonds is 6. The largest absolute Gasteiger partial charge is 0.465 e. The highest BCUT2D eigenvalue weighted by molar-refractivity contribution is 7.99. The summed E-state index contributed by atoms with van der Waals surface area (Å²) < 4.78 is 4.72. The SMILES string of the molecule is COC(=O)c1ccccc1NC(=O)CCSc1nc2ccccc2[nH]1. The maximum absolute atomic E-state index is 12.1. The summed E-state index contributed by atoms with van der Waals surface area (Å²) in [5.74, 6) is -0.0704. The lowest BCUT2D eigenvalue weighted by atomic mass is 10.2. The molecule has 1 aromatic heterocycles. The Morgan fingerprint density at radius 3 is 2.72 bits per heavy atom. The number of aromatic amines is 1. The zero-order valence-electron chi connectivity index (χ0n) is 13.6. The van der Waals surface area contributed by atoms with E-state index in [1.807, 2.05) is 24.3 Å². The highest BCUT2D eigenvalue weighted by Crippen LogP contribution is 2.20. The number of para-hydroxylation sites is 3. The number of benzene rings is 2. The van der Waals surface area contributed by atoms with Gasteiger partial charge in [-0.1, -0.05) is 36.0 Å². The summed E-state index contributed by atoms with van der Waals surface area (Å²) in [7, 11) is 1.31. The third kappa shape index (κ3) is 4.19. The fourth-order valence-corrected chi connectivity index (χ4v) is 3.16. The molecule has 0 saturated heterocycles. The molecule has 128 valence electrons. The van der Waals surface area contributed by atoms with E-state index in [4.69, 9.17) is 4.74 Å². The monoisotopic (exact) mass is 355 g/mol. The molecule has 0 spiro atoms. The third-order valence-electron chi connectivity index (χ3n) is 3.54. The molecular formula is C18H17N3O3S. The van der Waals surface area contributed by atoms with Gasteiger partial charge in [0.15, 0.2) is 5.16 Å². The molecule has 2 aromatic carbocycles. The number of hydrogen-bond acceptors (Lipinski definition) is 5. The van der Waals surface area contributed by atoms with Gasteiger partial charge in [-0.2, -0.15) is 0 Å². The molecule has 0 unspecified atom stereocenters. The van der Waals surface area contributed by atoms with Crippen molar-refractivity contribution in [2.45, 2.75) is 11.6 Å². The van der Waals surface area contributed by atoms with E-state index in [0.29, 0.717) is 23.4 Å². The second kappa shape index (κ2) is 7.85. The van der Waals surface area contributed by atoms with Gasteiger partial charge in [-0.15, -0.1) is 0 Å². The highest BCUT2D eigenvalue weighted by Gasteiger charge is 2.13. The zero-order chi connectivity index (χ0) is 17.6. The van der Waals surface area contributed by atoms with Crippen molar-refractivity contribution in [3.8, 4) is 0 Å². The lowest BCUT2D eigenvalue weighted by molar-refractivity contribution is -0.115. The summed E-state index contributed by atoms with van der Waals surface area (Å²) in [5, 5.41) is 3.54. The quantitative estimate of drug-likeness (QED) is 0.522. The number of anilines is 1. The number of H-pyrrole nitrogens is 1. The molecule has 0 bridgehead atoms. The zero-order valence-corrected chi connectivity index (χ0v) is 14.4. The van der Waals surface area contributed by atoms with Gasteiger partial charge in [0.2, 0.25) is 5.91 Å². The van der Waals surface area contributed by atoms with Crippen LogP contribution in [0.5, 0.6) is 0 Å². The molecule has 6 nitrogen and oxygen atoms in total. The van der Waals surface area contributed by atoms with Crippen LogP contribution in [0.25, 0.3) is 11.0 Å². The first-order chi connectivity index (χ1) is 12.2. The van der Waals surface area contributed by atoms with Crippen molar-refractivity contribution < 1.29 is 14.3 Å². The number of nitrogens with zero attached hydrogens (tertiary/aromatic N) is 1. The number of esters is 1. The summed E-state index contributed by atoms with van der Waals surface area (Å²) in [6, 6.07) is 14.5. The van der Waals surface area contributed by atoms with E-state index in [9.17, 15) is 9.59 Å². The average Bonchev–Trinajstić information content (AvgIpc) is 3.04. The Balaban J connectivity index is 1.56. The predicted molar refractivity (Wildman–Crippen MR) is 97.8 cm³/mol. The average molecular weight is 355 g/mol. The number of thioether (sulfide) groups is 1. The van der Waals surface area contributed by atoms with E-state index in [1.165, 1.54) is 18.9 Å². The molecule has 0 fully saturated rings.